The van der Waals surface area contributed by atoms with Gasteiger partial charge in [-0.25, -0.2) is 15.0 Å². The largest absolute Gasteiger partial charge is 0.373 e. The number of halogens is 1. The Bertz CT molecular complexity index is 2200. The van der Waals surface area contributed by atoms with Gasteiger partial charge in [0, 0.05) is 67.8 Å². The number of likely N-dealkylation sites (N-methyl/N-ethyl adjacent to an activating group) is 1. The van der Waals surface area contributed by atoms with Crippen molar-refractivity contribution >= 4 is 62.1 Å². The smallest absolute Gasteiger partial charge is 0.248 e. The minimum atomic E-state index is -0.889. The Labute approximate surface area is 319 Å². The fourth-order valence-electron chi connectivity index (χ4n) is 7.64. The Morgan fingerprint density at radius 3 is 2.57 bits per heavy atom. The molecule has 4 atom stereocenters. The van der Waals surface area contributed by atoms with E-state index in [4.69, 9.17) is 4.74 Å². The number of aromatic nitrogens is 5. The van der Waals surface area contributed by atoms with Gasteiger partial charge in [0.15, 0.2) is 5.78 Å². The zero-order valence-electron chi connectivity index (χ0n) is 30.3. The molecule has 0 radical (unpaired) electrons. The number of carbonyl (C=O) groups excluding carboxylic acids is 5. The third kappa shape index (κ3) is 7.40. The summed E-state index contributed by atoms with van der Waals surface area (Å²) in [5.74, 6) is -0.697. The van der Waals surface area contributed by atoms with E-state index in [9.17, 15) is 24.0 Å². The normalized spacial score (nSPS) is 23.6. The topological polar surface area (TPSA) is 182 Å². The van der Waals surface area contributed by atoms with E-state index in [0.29, 0.717) is 45.6 Å². The zero-order valence-corrected chi connectivity index (χ0v) is 31.9. The molecule has 7 rings (SSSR count). The van der Waals surface area contributed by atoms with Crippen LogP contribution >= 0.6 is 15.9 Å². The first-order valence-electron chi connectivity index (χ1n) is 17.7. The SMILES string of the molecule is CC(=O)NC1C/C=C/COCc2ccc(Br)nc2NC(=O)[C@@H]2C[C@]3(C[C@H]3N2C(=O)Cn2nc(C(C)=O)c3cc(-c4cnc(C)nc4)ccc32)CN(C)C1=O. The number of Topliss-reactive ketones (excluding diaryl/α,β-unsaturated/α-hetero) is 1. The van der Waals surface area contributed by atoms with Crippen molar-refractivity contribution in [2.45, 2.75) is 71.3 Å². The minimum Gasteiger partial charge on any atom is -0.373 e. The average molecular weight is 799 g/mol. The first-order valence-corrected chi connectivity index (χ1v) is 18.5. The standard InChI is InChI=1S/C38H40BrN9O6/c1-21(49)34-27-13-24(26-16-40-22(2)41-17-26)8-10-29(27)47(45-34)18-33(51)48-30-14-38(15-31(38)48)20-46(4)37(53)28(42-23(3)50)7-5-6-12-54-19-25-9-11-32(39)43-35(25)44-36(30)52/h5-6,8-11,13,16-17,28,30-31H,7,12,14-15,18-20H2,1-4H3,(H,42,50)(H,43,44,52)/b6-5+/t28?,30-,31+,38-/m0/s1. The van der Waals surface area contributed by atoms with Crippen LogP contribution in [0.2, 0.25) is 0 Å². The number of pyridine rings is 1. The molecule has 54 heavy (non-hydrogen) atoms. The average Bonchev–Trinajstić information content (AvgIpc) is 3.53. The van der Waals surface area contributed by atoms with Crippen molar-refractivity contribution < 1.29 is 28.7 Å². The highest BCUT2D eigenvalue weighted by Gasteiger charge is 2.67. The highest BCUT2D eigenvalue weighted by atomic mass is 79.9. The van der Waals surface area contributed by atoms with E-state index in [-0.39, 0.29) is 68.0 Å². The predicted octanol–water partition coefficient (Wildman–Crippen LogP) is 3.60. The summed E-state index contributed by atoms with van der Waals surface area (Å²) in [6.45, 7) is 5.01. The third-order valence-corrected chi connectivity index (χ3v) is 10.7. The second-order valence-corrected chi connectivity index (χ2v) is 15.0. The van der Waals surface area contributed by atoms with Crippen LogP contribution in [0.4, 0.5) is 5.82 Å². The fourth-order valence-corrected chi connectivity index (χ4v) is 7.95. The van der Waals surface area contributed by atoms with Crippen LogP contribution in [0.5, 0.6) is 0 Å². The number of ketones is 1. The lowest BCUT2D eigenvalue weighted by atomic mass is 9.97. The molecular weight excluding hydrogens is 758 g/mol. The minimum absolute atomic E-state index is 0.139. The molecule has 2 bridgehead atoms. The molecule has 5 heterocycles. The van der Waals surface area contributed by atoms with Crippen molar-refractivity contribution in [3.63, 3.8) is 0 Å². The van der Waals surface area contributed by atoms with Crippen molar-refractivity contribution in [3.8, 4) is 11.1 Å². The molecular formula is C38H40BrN9O6. The summed E-state index contributed by atoms with van der Waals surface area (Å²) in [7, 11) is 1.68. The number of amides is 4. The highest BCUT2D eigenvalue weighted by molar-refractivity contribution is 9.10. The van der Waals surface area contributed by atoms with Crippen molar-refractivity contribution in [3.05, 3.63) is 76.6 Å². The predicted molar refractivity (Wildman–Crippen MR) is 201 cm³/mol. The molecule has 1 aliphatic carbocycles. The van der Waals surface area contributed by atoms with Gasteiger partial charge in [-0.1, -0.05) is 24.3 Å². The molecule has 3 aliphatic rings. The van der Waals surface area contributed by atoms with E-state index in [1.807, 2.05) is 18.2 Å². The van der Waals surface area contributed by atoms with Gasteiger partial charge < -0.3 is 25.2 Å². The molecule has 1 saturated heterocycles. The number of ether oxygens (including phenoxy) is 1. The summed E-state index contributed by atoms with van der Waals surface area (Å²) in [5, 5.41) is 10.9. The number of aryl methyl sites for hydroxylation is 1. The van der Waals surface area contributed by atoms with Gasteiger partial charge >= 0.3 is 0 Å². The molecule has 4 amide bonds. The summed E-state index contributed by atoms with van der Waals surface area (Å²) in [5.41, 5.74) is 2.46. The van der Waals surface area contributed by atoms with Crippen molar-refractivity contribution in [2.24, 2.45) is 5.41 Å². The molecule has 280 valence electrons. The van der Waals surface area contributed by atoms with Crippen molar-refractivity contribution in [2.75, 3.05) is 25.5 Å². The Hall–Kier alpha value is -5.35. The van der Waals surface area contributed by atoms with Crippen molar-refractivity contribution in [1.82, 2.24) is 39.8 Å². The lowest BCUT2D eigenvalue weighted by Gasteiger charge is -2.28. The van der Waals surface area contributed by atoms with Crippen LogP contribution in [0, 0.1) is 12.3 Å². The second-order valence-electron chi connectivity index (χ2n) is 14.2. The van der Waals surface area contributed by atoms with Crippen LogP contribution < -0.4 is 10.6 Å². The maximum Gasteiger partial charge on any atom is 0.248 e. The molecule has 2 fully saturated rings. The van der Waals surface area contributed by atoms with Gasteiger partial charge in [-0.2, -0.15) is 5.10 Å². The Kier molecular flexibility index (Phi) is 10.2. The number of likely N-dealkylation sites (tertiary alicyclic amines) is 1. The van der Waals surface area contributed by atoms with Gasteiger partial charge in [-0.15, -0.1) is 0 Å². The third-order valence-electron chi connectivity index (χ3n) is 10.3. The van der Waals surface area contributed by atoms with Gasteiger partial charge in [0.2, 0.25) is 23.6 Å². The maximum atomic E-state index is 14.5. The number of piperidine rings is 1. The van der Waals surface area contributed by atoms with E-state index >= 15 is 0 Å². The van der Waals surface area contributed by atoms with E-state index in [2.05, 4.69) is 46.6 Å². The number of nitrogens with zero attached hydrogens (tertiary/aromatic N) is 7. The molecule has 1 saturated carbocycles. The molecule has 3 aromatic heterocycles. The fraction of sp³-hybridized carbons (Fsp3) is 0.395. The lowest BCUT2D eigenvalue weighted by Crippen LogP contribution is -2.48. The Morgan fingerprint density at radius 2 is 1.83 bits per heavy atom. The van der Waals surface area contributed by atoms with Crippen LogP contribution in [0.1, 0.15) is 55.0 Å². The molecule has 1 unspecified atom stereocenters. The Morgan fingerprint density at radius 1 is 1.06 bits per heavy atom. The van der Waals surface area contributed by atoms with E-state index in [1.54, 1.807) is 60.4 Å². The summed E-state index contributed by atoms with van der Waals surface area (Å²) in [4.78, 5) is 83.5. The van der Waals surface area contributed by atoms with Crippen LogP contribution in [0.25, 0.3) is 22.0 Å². The monoisotopic (exact) mass is 797 g/mol. The van der Waals surface area contributed by atoms with Crippen molar-refractivity contribution in [1.29, 1.82) is 0 Å². The van der Waals surface area contributed by atoms with E-state index < -0.39 is 23.4 Å². The zero-order chi connectivity index (χ0) is 38.3. The summed E-state index contributed by atoms with van der Waals surface area (Å²) in [6, 6.07) is 7.05. The molecule has 16 heteroatoms. The maximum absolute atomic E-state index is 14.5. The van der Waals surface area contributed by atoms with Gasteiger partial charge in [-0.05, 0) is 65.9 Å². The van der Waals surface area contributed by atoms with Gasteiger partial charge in [0.05, 0.1) is 18.7 Å². The summed E-state index contributed by atoms with van der Waals surface area (Å²) in [6.07, 6.45) is 8.15. The number of benzene rings is 1. The number of anilines is 1. The van der Waals surface area contributed by atoms with Gasteiger partial charge in [0.1, 0.15) is 40.6 Å². The number of hydrogen-bond donors (Lipinski definition) is 2. The highest BCUT2D eigenvalue weighted by Crippen LogP contribution is 2.60. The number of nitrogens with one attached hydrogen (secondary N) is 2. The second kappa shape index (κ2) is 14.8. The molecule has 2 N–H and O–H groups in total. The quantitative estimate of drug-likeness (QED) is 0.172. The number of rotatable bonds is 5. The summed E-state index contributed by atoms with van der Waals surface area (Å²) < 4.78 is 7.87. The van der Waals surface area contributed by atoms with Crippen LogP contribution in [0.3, 0.4) is 0 Å². The van der Waals surface area contributed by atoms with Crippen LogP contribution in [0.15, 0.2) is 59.5 Å². The lowest BCUT2D eigenvalue weighted by molar-refractivity contribution is -0.138. The van der Waals surface area contributed by atoms with Crippen LogP contribution in [-0.4, -0.2) is 102 Å². The first kappa shape index (κ1) is 37.0. The summed E-state index contributed by atoms with van der Waals surface area (Å²) >= 11 is 3.40. The number of fused-ring (bicyclic) bond motifs is 3. The van der Waals surface area contributed by atoms with Gasteiger partial charge in [0.25, 0.3) is 0 Å². The molecule has 1 aromatic carbocycles. The van der Waals surface area contributed by atoms with Crippen LogP contribution in [-0.2, 0) is 37.1 Å². The first-order chi connectivity index (χ1) is 25.8. The van der Waals surface area contributed by atoms with E-state index in [0.717, 1.165) is 11.1 Å². The number of hydrogen-bond acceptors (Lipinski definition) is 10. The van der Waals surface area contributed by atoms with E-state index in [1.165, 1.54) is 18.5 Å². The molecule has 1 spiro atoms. The molecule has 2 aliphatic heterocycles. The molecule has 15 nitrogen and oxygen atoms in total. The number of carbonyl (C=O) groups is 5. The van der Waals surface area contributed by atoms with Gasteiger partial charge in [-0.3, -0.25) is 28.7 Å². The Balaban J connectivity index is 1.22. The molecule has 4 aromatic rings.